The smallest absolute Gasteiger partial charge is 0.410 e. The lowest BCUT2D eigenvalue weighted by Gasteiger charge is -2.01. The molecule has 0 aromatic carbocycles. The van der Waals surface area contributed by atoms with E-state index < -0.39 is 0 Å². The molecule has 0 bridgehead atoms. The van der Waals surface area contributed by atoms with Gasteiger partial charge in [-0.15, -0.1) is 0 Å². The van der Waals surface area contributed by atoms with Gasteiger partial charge in [-0.05, 0) is 5.53 Å². The van der Waals surface area contributed by atoms with Crippen molar-refractivity contribution < 1.29 is 19.1 Å². The van der Waals surface area contributed by atoms with E-state index in [1.54, 1.807) is 14.1 Å². The minimum atomic E-state index is -0.358. The van der Waals surface area contributed by atoms with Gasteiger partial charge in [0.1, 0.15) is 12.2 Å². The lowest BCUT2D eigenvalue weighted by atomic mass is 10.4. The molecule has 2 atom stereocenters. The van der Waals surface area contributed by atoms with Gasteiger partial charge in [0.05, 0.1) is 19.6 Å². The van der Waals surface area contributed by atoms with Crippen LogP contribution in [-0.4, -0.2) is 74.5 Å². The Morgan fingerprint density at radius 1 is 1.23 bits per heavy atom. The molecule has 0 saturated carbocycles. The Hall–Kier alpha value is -1.84. The molecule has 0 spiro atoms. The highest BCUT2D eigenvalue weighted by atomic mass is 32.1. The number of azide groups is 1. The van der Waals surface area contributed by atoms with Gasteiger partial charge in [0, 0.05) is 25.6 Å². The zero-order valence-corrected chi connectivity index (χ0v) is 12.9. The maximum Gasteiger partial charge on any atom is 0.410 e. The monoisotopic (exact) mass is 336 g/mol. The number of cyclic esters (lactones) is 2. The second-order valence-electron chi connectivity index (χ2n) is 4.42. The zero-order valence-electron chi connectivity index (χ0n) is 11.9. The SMILES string of the molecule is C.CN1C[C@H](CN)OC1=O.CN1C[C@H](CN=[N+]=[N-])OC1=O.S. The maximum atomic E-state index is 10.7. The maximum absolute atomic E-state index is 10.7. The van der Waals surface area contributed by atoms with Crippen LogP contribution < -0.4 is 5.73 Å². The van der Waals surface area contributed by atoms with Crippen molar-refractivity contribution in [3.05, 3.63) is 10.4 Å². The van der Waals surface area contributed by atoms with Gasteiger partial charge in [-0.3, -0.25) is 0 Å². The summed E-state index contributed by atoms with van der Waals surface area (Å²) in [5.74, 6) is 0. The van der Waals surface area contributed by atoms with Crippen LogP contribution in [0.25, 0.3) is 10.4 Å². The normalized spacial score (nSPS) is 22.3. The van der Waals surface area contributed by atoms with Crippen LogP contribution in [0.15, 0.2) is 5.11 Å². The van der Waals surface area contributed by atoms with E-state index in [1.807, 2.05) is 0 Å². The standard InChI is InChI=1S/C5H8N4O2.C5H10N2O2.CH4.H2S/c1-9-3-4(2-7-8-6)11-5(9)10;1-7-3-4(2-6)9-5(7)8;;/h4H,2-3H2,1H3;4H,2-3,6H2,1H3;1H4;1H2/t2*4-;;/m00../s1. The number of likely N-dealkylation sites (N-methyl/N-ethyl adjacent to an activating group) is 2. The summed E-state index contributed by atoms with van der Waals surface area (Å²) in [5.41, 5.74) is 13.2. The number of nitrogens with zero attached hydrogens (tertiary/aromatic N) is 5. The predicted molar refractivity (Wildman–Crippen MR) is 86.0 cm³/mol. The van der Waals surface area contributed by atoms with Crippen LogP contribution in [0, 0.1) is 0 Å². The fourth-order valence-electron chi connectivity index (χ4n) is 1.64. The molecule has 0 radical (unpaired) electrons. The molecule has 11 heteroatoms. The summed E-state index contributed by atoms with van der Waals surface area (Å²) in [6.07, 6.45) is -1.00. The Labute approximate surface area is 136 Å². The molecule has 2 N–H and O–H groups in total. The minimum Gasteiger partial charge on any atom is -0.444 e. The molecular formula is C11H24N6O4S. The first-order valence-electron chi connectivity index (χ1n) is 6.02. The number of hydrogen-bond donors (Lipinski definition) is 1. The number of amides is 2. The van der Waals surface area contributed by atoms with Crippen LogP contribution >= 0.6 is 13.5 Å². The van der Waals surface area contributed by atoms with E-state index in [4.69, 9.17) is 20.7 Å². The molecule has 128 valence electrons. The molecule has 2 saturated heterocycles. The Bertz CT molecular complexity index is 415. The lowest BCUT2D eigenvalue weighted by Crippen LogP contribution is -2.24. The average Bonchev–Trinajstić information content (AvgIpc) is 2.91. The first-order valence-corrected chi connectivity index (χ1v) is 6.02. The van der Waals surface area contributed by atoms with Crippen molar-refractivity contribution in [3.8, 4) is 0 Å². The second-order valence-corrected chi connectivity index (χ2v) is 4.42. The first kappa shape index (κ1) is 22.4. The summed E-state index contributed by atoms with van der Waals surface area (Å²) in [7, 11) is 3.33. The minimum absolute atomic E-state index is 0. The summed E-state index contributed by atoms with van der Waals surface area (Å²) < 4.78 is 9.58. The zero-order chi connectivity index (χ0) is 15.1. The van der Waals surface area contributed by atoms with Crippen molar-refractivity contribution in [1.82, 2.24) is 9.80 Å². The highest BCUT2D eigenvalue weighted by molar-refractivity contribution is 7.59. The third kappa shape index (κ3) is 6.74. The van der Waals surface area contributed by atoms with E-state index >= 15 is 0 Å². The Morgan fingerprint density at radius 3 is 1.95 bits per heavy atom. The van der Waals surface area contributed by atoms with E-state index in [-0.39, 0.29) is 51.9 Å². The molecule has 2 aliphatic heterocycles. The number of ether oxygens (including phenoxy) is 2. The van der Waals surface area contributed by atoms with Crippen molar-refractivity contribution in [1.29, 1.82) is 0 Å². The van der Waals surface area contributed by atoms with Crippen molar-refractivity contribution in [2.45, 2.75) is 19.6 Å². The van der Waals surface area contributed by atoms with E-state index in [0.29, 0.717) is 19.6 Å². The van der Waals surface area contributed by atoms with Crippen molar-refractivity contribution in [2.75, 3.05) is 40.3 Å². The summed E-state index contributed by atoms with van der Waals surface area (Å²) in [5, 5.41) is 3.30. The largest absolute Gasteiger partial charge is 0.444 e. The van der Waals surface area contributed by atoms with Crippen LogP contribution in [0.5, 0.6) is 0 Å². The number of carbonyl (C=O) groups is 2. The van der Waals surface area contributed by atoms with Gasteiger partial charge < -0.3 is 25.0 Å². The van der Waals surface area contributed by atoms with Crippen LogP contribution in [0.2, 0.25) is 0 Å². The average molecular weight is 336 g/mol. The van der Waals surface area contributed by atoms with E-state index in [0.717, 1.165) is 0 Å². The topological polar surface area (TPSA) is 134 Å². The third-order valence-corrected chi connectivity index (χ3v) is 2.72. The molecule has 0 aromatic rings. The second kappa shape index (κ2) is 10.8. The number of nitrogens with two attached hydrogens (primary N) is 1. The van der Waals surface area contributed by atoms with E-state index in [9.17, 15) is 9.59 Å². The molecule has 22 heavy (non-hydrogen) atoms. The molecule has 2 fully saturated rings. The molecule has 0 aliphatic carbocycles. The summed E-state index contributed by atoms with van der Waals surface area (Å²) >= 11 is 0. The molecule has 2 heterocycles. The number of rotatable bonds is 3. The van der Waals surface area contributed by atoms with Gasteiger partial charge in [0.25, 0.3) is 0 Å². The Morgan fingerprint density at radius 2 is 1.68 bits per heavy atom. The van der Waals surface area contributed by atoms with E-state index in [2.05, 4.69) is 10.0 Å². The van der Waals surface area contributed by atoms with Crippen LogP contribution in [0.3, 0.4) is 0 Å². The van der Waals surface area contributed by atoms with Gasteiger partial charge in [0.15, 0.2) is 0 Å². The number of carbonyl (C=O) groups excluding carboxylic acids is 2. The highest BCUT2D eigenvalue weighted by Crippen LogP contribution is 2.08. The molecule has 0 aromatic heterocycles. The fraction of sp³-hybridized carbons (Fsp3) is 0.818. The van der Waals surface area contributed by atoms with Gasteiger partial charge in [-0.2, -0.15) is 13.5 Å². The molecule has 2 aliphatic rings. The molecule has 0 unspecified atom stereocenters. The predicted octanol–water partition coefficient (Wildman–Crippen LogP) is 0.892. The Kier molecular flexibility index (Phi) is 11.0. The first-order chi connectivity index (χ1) is 9.47. The highest BCUT2D eigenvalue weighted by Gasteiger charge is 2.27. The van der Waals surface area contributed by atoms with Gasteiger partial charge in [-0.25, -0.2) is 9.59 Å². The van der Waals surface area contributed by atoms with Gasteiger partial charge in [-0.1, -0.05) is 12.5 Å². The molecule has 2 rings (SSSR count). The van der Waals surface area contributed by atoms with Crippen molar-refractivity contribution in [2.24, 2.45) is 10.8 Å². The summed E-state index contributed by atoms with van der Waals surface area (Å²) in [6.45, 7) is 1.75. The van der Waals surface area contributed by atoms with Crippen molar-refractivity contribution in [3.63, 3.8) is 0 Å². The number of hydrogen-bond acceptors (Lipinski definition) is 6. The van der Waals surface area contributed by atoms with Crippen molar-refractivity contribution >= 4 is 25.7 Å². The Balaban J connectivity index is 0. The lowest BCUT2D eigenvalue weighted by molar-refractivity contribution is 0.136. The van der Waals surface area contributed by atoms with Crippen LogP contribution in [0.4, 0.5) is 9.59 Å². The van der Waals surface area contributed by atoms with Crippen LogP contribution in [-0.2, 0) is 9.47 Å². The summed E-state index contributed by atoms with van der Waals surface area (Å²) in [6, 6.07) is 0. The van der Waals surface area contributed by atoms with Crippen LogP contribution in [0.1, 0.15) is 7.43 Å². The molecule has 10 nitrogen and oxygen atoms in total. The molecular weight excluding hydrogens is 312 g/mol. The summed E-state index contributed by atoms with van der Waals surface area (Å²) in [4.78, 5) is 26.8. The fourth-order valence-corrected chi connectivity index (χ4v) is 1.64. The van der Waals surface area contributed by atoms with Gasteiger partial charge in [0.2, 0.25) is 0 Å². The molecule has 2 amide bonds. The third-order valence-electron chi connectivity index (χ3n) is 2.72. The van der Waals surface area contributed by atoms with E-state index in [1.165, 1.54) is 9.80 Å². The quantitative estimate of drug-likeness (QED) is 0.464. The van der Waals surface area contributed by atoms with Gasteiger partial charge >= 0.3 is 12.2 Å².